The van der Waals surface area contributed by atoms with Crippen LogP contribution in [-0.4, -0.2) is 71.0 Å². The summed E-state index contributed by atoms with van der Waals surface area (Å²) < 4.78 is 42.8. The van der Waals surface area contributed by atoms with E-state index < -0.39 is 30.3 Å². The van der Waals surface area contributed by atoms with E-state index in [0.29, 0.717) is 43.5 Å². The maximum Gasteiger partial charge on any atom is 0.345 e. The second-order valence-corrected chi connectivity index (χ2v) is 9.57. The maximum atomic E-state index is 13.8. The molecule has 1 aromatic heterocycles. The van der Waals surface area contributed by atoms with Crippen molar-refractivity contribution in [3.05, 3.63) is 46.3 Å². The first-order valence-electron chi connectivity index (χ1n) is 12.0. The summed E-state index contributed by atoms with van der Waals surface area (Å²) in [4.78, 5) is 48.2. The summed E-state index contributed by atoms with van der Waals surface area (Å²) in [6, 6.07) is 2.43. The Morgan fingerprint density at radius 1 is 1.24 bits per heavy atom. The molecule has 0 saturated carbocycles. The maximum absolute atomic E-state index is 13.8. The number of aryl methyl sites for hydroxylation is 1. The minimum atomic E-state index is -2.92. The number of hydrogen-bond donors (Lipinski definition) is 2. The van der Waals surface area contributed by atoms with Crippen molar-refractivity contribution in [3.63, 3.8) is 0 Å². The number of aromatic nitrogens is 2. The van der Waals surface area contributed by atoms with Crippen molar-refractivity contribution >= 4 is 35.0 Å². The molecule has 2 aromatic rings. The fourth-order valence-corrected chi connectivity index (χ4v) is 4.74. The van der Waals surface area contributed by atoms with Gasteiger partial charge in [-0.1, -0.05) is 11.6 Å². The number of alkyl halides is 2. The molecule has 1 atom stereocenters. The van der Waals surface area contributed by atoms with E-state index in [1.807, 2.05) is 0 Å². The van der Waals surface area contributed by atoms with Crippen molar-refractivity contribution in [3.8, 4) is 0 Å². The molecule has 1 aromatic carbocycles. The van der Waals surface area contributed by atoms with Gasteiger partial charge in [0, 0.05) is 32.1 Å². The van der Waals surface area contributed by atoms with Crippen LogP contribution in [0, 0.1) is 12.7 Å². The molecule has 0 bridgehead atoms. The summed E-state index contributed by atoms with van der Waals surface area (Å²) >= 11 is 6.23. The van der Waals surface area contributed by atoms with Gasteiger partial charge < -0.3 is 24.8 Å². The van der Waals surface area contributed by atoms with Crippen molar-refractivity contribution in [1.29, 1.82) is 0 Å². The number of aromatic amines is 1. The van der Waals surface area contributed by atoms with Crippen LogP contribution in [-0.2, 0) is 9.53 Å². The summed E-state index contributed by atoms with van der Waals surface area (Å²) in [6.07, 6.45) is 2.91. The third kappa shape index (κ3) is 6.24. The molecule has 0 radical (unpaired) electrons. The second-order valence-electron chi connectivity index (χ2n) is 9.16. The Morgan fingerprint density at radius 3 is 2.73 bits per heavy atom. The predicted molar refractivity (Wildman–Crippen MR) is 128 cm³/mol. The lowest BCUT2D eigenvalue weighted by molar-refractivity contribution is -0.189. The van der Waals surface area contributed by atoms with Crippen LogP contribution in [0.25, 0.3) is 0 Å². The molecule has 200 valence electrons. The number of carbonyl (C=O) groups is 3. The molecule has 2 aliphatic rings. The van der Waals surface area contributed by atoms with Crippen LogP contribution in [0.4, 0.5) is 18.9 Å². The summed E-state index contributed by atoms with van der Waals surface area (Å²) in [7, 11) is 0. The molecule has 13 heteroatoms. The van der Waals surface area contributed by atoms with E-state index in [1.54, 1.807) is 17.9 Å². The van der Waals surface area contributed by atoms with Crippen molar-refractivity contribution in [2.75, 3.05) is 24.5 Å². The fourth-order valence-electron chi connectivity index (χ4n) is 4.48. The molecule has 2 fully saturated rings. The van der Waals surface area contributed by atoms with E-state index in [0.717, 1.165) is 0 Å². The standard InChI is InChI=1S/C24H27ClF3N5O4/c1-13-8-18(16(25)9-17(13)26)33-7-3-2-4-14(5-6-19(33)34)31-22(35)20-21(30-12-29-20)23(36)32-10-15(11-32)37-24(27)28/h8-9,12,14-15,24H,2-7,10-11H2,1H3,(H,29,30)(H,31,35)/t14-/m1/s1. The lowest BCUT2D eigenvalue weighted by atomic mass is 10.0. The molecule has 3 heterocycles. The Kier molecular flexibility index (Phi) is 8.38. The van der Waals surface area contributed by atoms with Gasteiger partial charge in [0.25, 0.3) is 11.8 Å². The molecule has 2 saturated heterocycles. The number of likely N-dealkylation sites (tertiary alicyclic amines) is 1. The molecule has 37 heavy (non-hydrogen) atoms. The van der Waals surface area contributed by atoms with Crippen LogP contribution in [0.1, 0.15) is 58.6 Å². The SMILES string of the molecule is Cc1cc(N2CCCC[C@@H](NC(=O)c3[nH]cnc3C(=O)N3CC(OC(F)F)C3)CCC2=O)c(Cl)cc1F. The van der Waals surface area contributed by atoms with Crippen molar-refractivity contribution in [2.24, 2.45) is 0 Å². The molecule has 0 unspecified atom stereocenters. The van der Waals surface area contributed by atoms with Gasteiger partial charge in [-0.05, 0) is 50.3 Å². The van der Waals surface area contributed by atoms with Gasteiger partial charge in [-0.2, -0.15) is 8.78 Å². The van der Waals surface area contributed by atoms with E-state index in [2.05, 4.69) is 20.0 Å². The van der Waals surface area contributed by atoms with Gasteiger partial charge >= 0.3 is 6.61 Å². The van der Waals surface area contributed by atoms with Crippen LogP contribution in [0.15, 0.2) is 18.5 Å². The van der Waals surface area contributed by atoms with Crippen LogP contribution >= 0.6 is 11.6 Å². The van der Waals surface area contributed by atoms with E-state index in [1.165, 1.54) is 17.3 Å². The largest absolute Gasteiger partial charge is 0.348 e. The number of carbonyl (C=O) groups excluding carboxylic acids is 3. The molecule has 9 nitrogen and oxygen atoms in total. The number of benzene rings is 1. The van der Waals surface area contributed by atoms with Gasteiger partial charge in [-0.25, -0.2) is 9.37 Å². The number of anilines is 1. The number of hydrogen-bond acceptors (Lipinski definition) is 5. The molecule has 0 aliphatic carbocycles. The zero-order valence-corrected chi connectivity index (χ0v) is 20.9. The molecule has 4 rings (SSSR count). The minimum Gasteiger partial charge on any atom is -0.348 e. The third-order valence-electron chi connectivity index (χ3n) is 6.55. The molecular weight excluding hydrogens is 515 g/mol. The van der Waals surface area contributed by atoms with E-state index in [4.69, 9.17) is 11.6 Å². The fraction of sp³-hybridized carbons (Fsp3) is 0.500. The average Bonchev–Trinajstić information content (AvgIpc) is 3.33. The third-order valence-corrected chi connectivity index (χ3v) is 6.85. The van der Waals surface area contributed by atoms with Crippen molar-refractivity contribution in [1.82, 2.24) is 20.2 Å². The van der Waals surface area contributed by atoms with Crippen LogP contribution < -0.4 is 10.2 Å². The quantitative estimate of drug-likeness (QED) is 0.580. The van der Waals surface area contributed by atoms with Crippen LogP contribution in [0.5, 0.6) is 0 Å². The van der Waals surface area contributed by atoms with Gasteiger partial charge in [0.1, 0.15) is 11.5 Å². The highest BCUT2D eigenvalue weighted by Crippen LogP contribution is 2.30. The summed E-state index contributed by atoms with van der Waals surface area (Å²) in [5.74, 6) is -1.75. The van der Waals surface area contributed by atoms with Crippen LogP contribution in [0.3, 0.4) is 0 Å². The Hall–Kier alpha value is -3.12. The number of amides is 3. The summed E-state index contributed by atoms with van der Waals surface area (Å²) in [5, 5.41) is 3.03. The first-order chi connectivity index (χ1) is 17.6. The summed E-state index contributed by atoms with van der Waals surface area (Å²) in [6.45, 7) is -0.938. The number of H-pyrrole nitrogens is 1. The average molecular weight is 542 g/mol. The van der Waals surface area contributed by atoms with E-state index in [-0.39, 0.29) is 47.9 Å². The van der Waals surface area contributed by atoms with Crippen LogP contribution in [0.2, 0.25) is 5.02 Å². The Labute approximate surface area is 216 Å². The normalized spacial score (nSPS) is 19.3. The highest BCUT2D eigenvalue weighted by Gasteiger charge is 2.36. The minimum absolute atomic E-state index is 0.0179. The number of imidazole rings is 1. The Bertz CT molecular complexity index is 1170. The van der Waals surface area contributed by atoms with E-state index in [9.17, 15) is 27.6 Å². The van der Waals surface area contributed by atoms with Crippen molar-refractivity contribution < 1.29 is 32.3 Å². The molecule has 3 amide bonds. The lowest BCUT2D eigenvalue weighted by Crippen LogP contribution is -2.55. The van der Waals surface area contributed by atoms with Gasteiger partial charge in [-0.15, -0.1) is 0 Å². The molecular formula is C24H27ClF3N5O4. The number of halogens is 4. The zero-order valence-electron chi connectivity index (χ0n) is 20.1. The van der Waals surface area contributed by atoms with E-state index >= 15 is 0 Å². The van der Waals surface area contributed by atoms with Gasteiger partial charge in [0.05, 0.1) is 23.1 Å². The highest BCUT2D eigenvalue weighted by molar-refractivity contribution is 6.33. The van der Waals surface area contributed by atoms with Crippen molar-refractivity contribution in [2.45, 2.75) is 57.8 Å². The Balaban J connectivity index is 1.38. The molecule has 2 aliphatic heterocycles. The summed E-state index contributed by atoms with van der Waals surface area (Å²) in [5.41, 5.74) is 0.697. The molecule has 2 N–H and O–H groups in total. The first-order valence-corrected chi connectivity index (χ1v) is 12.3. The number of rotatable bonds is 6. The smallest absolute Gasteiger partial charge is 0.345 e. The first kappa shape index (κ1) is 26.9. The predicted octanol–water partition coefficient (Wildman–Crippen LogP) is 3.67. The monoisotopic (exact) mass is 541 g/mol. The van der Waals surface area contributed by atoms with Gasteiger partial charge in [0.15, 0.2) is 5.69 Å². The lowest BCUT2D eigenvalue weighted by Gasteiger charge is -2.38. The van der Waals surface area contributed by atoms with Gasteiger partial charge in [-0.3, -0.25) is 14.4 Å². The highest BCUT2D eigenvalue weighted by atomic mass is 35.5. The number of nitrogens with zero attached hydrogens (tertiary/aromatic N) is 3. The van der Waals surface area contributed by atoms with Gasteiger partial charge in [0.2, 0.25) is 5.91 Å². The number of ether oxygens (including phenoxy) is 1. The number of nitrogens with one attached hydrogen (secondary N) is 2. The zero-order chi connectivity index (χ0) is 26.7. The topological polar surface area (TPSA) is 108 Å². The molecule has 0 spiro atoms. The Morgan fingerprint density at radius 2 is 2.00 bits per heavy atom. The second kappa shape index (κ2) is 11.5.